The monoisotopic (exact) mass is 894 g/mol. The first kappa shape index (κ1) is 48.2. The van der Waals surface area contributed by atoms with Gasteiger partial charge in [-0.25, -0.2) is 9.97 Å². The van der Waals surface area contributed by atoms with E-state index in [2.05, 4.69) is 37.2 Å². The van der Waals surface area contributed by atoms with Gasteiger partial charge in [-0.2, -0.15) is 0 Å². The standard InChI is InChI=1S/C48H62N8O9/c1-31(57)25-39(58)20-12-32-8-15-36(16-9-32)52-43(60)7-3-6-42(59)50-27-33-10-18-38(19-11-33)56(29-37-17-13-34-5-4-23-49-47(34)53-37)41-22-24-55(48(41)64)30-44(61)54-40(26-46(62)63)35-14-21-45(65-2)51-28-35/h8-9,13-17,21,28,33,38,40-41H,3-7,10-12,18-20,22-27,29-30H2,1-2H3,(H,49,53)(H,50,59)(H,52,60)(H,54,61)(H,62,63)/t33?,38?,40?,41-/m0/s1. The van der Waals surface area contributed by atoms with Gasteiger partial charge >= 0.3 is 5.97 Å². The predicted octanol–water partition coefficient (Wildman–Crippen LogP) is 4.54. The molecule has 3 aromatic rings. The van der Waals surface area contributed by atoms with Crippen molar-refractivity contribution in [3.05, 3.63) is 77.1 Å². The molecule has 2 atom stereocenters. The quantitative estimate of drug-likeness (QED) is 0.0825. The first-order chi connectivity index (χ1) is 31.3. The number of nitrogens with one attached hydrogen (secondary N) is 4. The number of ketones is 2. The third kappa shape index (κ3) is 14.6. The number of nitrogens with zero attached hydrogens (tertiary/aromatic N) is 4. The molecule has 2 fully saturated rings. The molecule has 17 heteroatoms. The summed E-state index contributed by atoms with van der Waals surface area (Å²) in [5.41, 5.74) is 4.12. The number of ether oxygens (including phenoxy) is 1. The van der Waals surface area contributed by atoms with E-state index in [-0.39, 0.29) is 73.5 Å². The van der Waals surface area contributed by atoms with E-state index in [9.17, 15) is 38.7 Å². The molecule has 2 aliphatic heterocycles. The minimum Gasteiger partial charge on any atom is -0.481 e. The molecule has 5 N–H and O–H groups in total. The number of aryl methyl sites for hydroxylation is 2. The first-order valence-electron chi connectivity index (χ1n) is 22.8. The second kappa shape index (κ2) is 23.6. The number of likely N-dealkylation sites (tertiary alicyclic amines) is 1. The molecule has 348 valence electrons. The van der Waals surface area contributed by atoms with E-state index in [0.29, 0.717) is 62.4 Å². The summed E-state index contributed by atoms with van der Waals surface area (Å²) in [6, 6.07) is 13.4. The second-order valence-corrected chi connectivity index (χ2v) is 17.4. The minimum absolute atomic E-state index is 0.0502. The maximum absolute atomic E-state index is 14.2. The molecule has 4 heterocycles. The number of fused-ring (bicyclic) bond motifs is 1. The number of amides is 4. The molecule has 65 heavy (non-hydrogen) atoms. The summed E-state index contributed by atoms with van der Waals surface area (Å²) in [7, 11) is 1.48. The average Bonchev–Trinajstić information content (AvgIpc) is 3.64. The van der Waals surface area contributed by atoms with Crippen molar-refractivity contribution in [1.82, 2.24) is 30.4 Å². The fourth-order valence-corrected chi connectivity index (χ4v) is 8.95. The summed E-state index contributed by atoms with van der Waals surface area (Å²) in [5, 5.41) is 21.7. The average molecular weight is 895 g/mol. The molecule has 0 spiro atoms. The van der Waals surface area contributed by atoms with E-state index in [0.717, 1.165) is 62.1 Å². The highest BCUT2D eigenvalue weighted by Gasteiger charge is 2.41. The zero-order chi connectivity index (χ0) is 46.3. The number of carbonyl (C=O) groups is 7. The number of anilines is 2. The molecule has 4 amide bonds. The Hall–Kier alpha value is -6.23. The van der Waals surface area contributed by atoms with Crippen LogP contribution in [0.4, 0.5) is 11.5 Å². The number of hydrogen-bond acceptors (Lipinski definition) is 12. The van der Waals surface area contributed by atoms with Crippen LogP contribution >= 0.6 is 0 Å². The number of hydrogen-bond donors (Lipinski definition) is 5. The van der Waals surface area contributed by atoms with Gasteiger partial charge in [-0.15, -0.1) is 0 Å². The number of benzene rings is 1. The van der Waals surface area contributed by atoms with Crippen LogP contribution in [0.25, 0.3) is 0 Å². The maximum Gasteiger partial charge on any atom is 0.305 e. The van der Waals surface area contributed by atoms with Crippen molar-refractivity contribution in [3.8, 4) is 5.88 Å². The summed E-state index contributed by atoms with van der Waals surface area (Å²) in [6.07, 6.45) is 8.59. The van der Waals surface area contributed by atoms with E-state index in [1.165, 1.54) is 25.8 Å². The van der Waals surface area contributed by atoms with Crippen molar-refractivity contribution in [3.63, 3.8) is 0 Å². The molecule has 0 bridgehead atoms. The molecule has 1 aliphatic carbocycles. The van der Waals surface area contributed by atoms with Crippen LogP contribution < -0.4 is 26.0 Å². The number of pyridine rings is 2. The third-order valence-electron chi connectivity index (χ3n) is 12.4. The van der Waals surface area contributed by atoms with Gasteiger partial charge in [-0.1, -0.05) is 24.3 Å². The molecule has 6 rings (SSSR count). The topological polar surface area (TPSA) is 229 Å². The molecule has 0 radical (unpaired) electrons. The van der Waals surface area contributed by atoms with Gasteiger partial charge in [0, 0.05) is 69.4 Å². The van der Waals surface area contributed by atoms with E-state index in [4.69, 9.17) is 9.72 Å². The van der Waals surface area contributed by atoms with Gasteiger partial charge in [0.05, 0.1) is 44.3 Å². The van der Waals surface area contributed by atoms with Crippen LogP contribution in [0.3, 0.4) is 0 Å². The molecule has 1 unspecified atom stereocenters. The smallest absolute Gasteiger partial charge is 0.305 e. The van der Waals surface area contributed by atoms with Crippen LogP contribution in [0.1, 0.15) is 112 Å². The Morgan fingerprint density at radius 3 is 2.42 bits per heavy atom. The van der Waals surface area contributed by atoms with Gasteiger partial charge in [0.2, 0.25) is 29.5 Å². The Kier molecular flexibility index (Phi) is 17.5. The molecule has 2 aromatic heterocycles. The molecule has 1 saturated heterocycles. The molecule has 3 aliphatic rings. The van der Waals surface area contributed by atoms with Gasteiger partial charge in [0.15, 0.2) is 0 Å². The lowest BCUT2D eigenvalue weighted by Crippen LogP contribution is -2.49. The molecule has 1 saturated carbocycles. The second-order valence-electron chi connectivity index (χ2n) is 17.4. The summed E-state index contributed by atoms with van der Waals surface area (Å²) in [6.45, 7) is 3.43. The molecular formula is C48H62N8O9. The van der Waals surface area contributed by atoms with Crippen LogP contribution in [-0.4, -0.2) is 111 Å². The van der Waals surface area contributed by atoms with E-state index in [1.54, 1.807) is 29.2 Å². The Morgan fingerprint density at radius 2 is 1.71 bits per heavy atom. The largest absolute Gasteiger partial charge is 0.481 e. The Morgan fingerprint density at radius 1 is 0.938 bits per heavy atom. The van der Waals surface area contributed by atoms with Gasteiger partial charge < -0.3 is 36.0 Å². The highest BCUT2D eigenvalue weighted by molar-refractivity contribution is 5.98. The van der Waals surface area contributed by atoms with Crippen LogP contribution in [0.15, 0.2) is 54.7 Å². The molecular weight excluding hydrogens is 833 g/mol. The number of carbonyl (C=O) groups excluding carboxylic acids is 6. The fourth-order valence-electron chi connectivity index (χ4n) is 8.95. The maximum atomic E-state index is 14.2. The van der Waals surface area contributed by atoms with Crippen LogP contribution in [0, 0.1) is 5.92 Å². The van der Waals surface area contributed by atoms with E-state index >= 15 is 0 Å². The van der Waals surface area contributed by atoms with Crippen molar-refractivity contribution < 1.29 is 43.4 Å². The summed E-state index contributed by atoms with van der Waals surface area (Å²) >= 11 is 0. The van der Waals surface area contributed by atoms with Crippen molar-refractivity contribution in [2.45, 2.75) is 121 Å². The van der Waals surface area contributed by atoms with Crippen molar-refractivity contribution in [2.75, 3.05) is 43.9 Å². The number of aliphatic carboxylic acids is 1. The zero-order valence-corrected chi connectivity index (χ0v) is 37.4. The highest BCUT2D eigenvalue weighted by Crippen LogP contribution is 2.33. The van der Waals surface area contributed by atoms with Crippen molar-refractivity contribution in [2.24, 2.45) is 5.92 Å². The van der Waals surface area contributed by atoms with Gasteiger partial charge in [0.25, 0.3) is 0 Å². The van der Waals surface area contributed by atoms with Gasteiger partial charge in [-0.05, 0) is 106 Å². The number of Topliss-reactive ketones (excluding diaryl/α,β-unsaturated/α-hetero) is 2. The SMILES string of the molecule is COc1ccc(C(CC(=O)O)NC(=O)CN2CC[C@H](N(Cc3ccc4c(n3)NCCC4)C3CCC(CNC(=O)CCCC(=O)Nc4ccc(CCC(=O)CC(C)=O)cc4)CC3)C2=O)cn1. The number of carboxylic acids is 1. The van der Waals surface area contributed by atoms with Crippen LogP contribution in [0.5, 0.6) is 5.88 Å². The third-order valence-corrected chi connectivity index (χ3v) is 12.4. The normalized spacial score (nSPS) is 18.5. The molecule has 1 aromatic carbocycles. The van der Waals surface area contributed by atoms with Crippen molar-refractivity contribution in [1.29, 1.82) is 0 Å². The Bertz CT molecular complexity index is 2160. The number of rotatable bonds is 23. The predicted molar refractivity (Wildman–Crippen MR) is 242 cm³/mol. The lowest BCUT2D eigenvalue weighted by atomic mass is 9.84. The van der Waals surface area contributed by atoms with E-state index in [1.807, 2.05) is 18.2 Å². The lowest BCUT2D eigenvalue weighted by Gasteiger charge is -2.39. The Balaban J connectivity index is 0.976. The van der Waals surface area contributed by atoms with Crippen molar-refractivity contribution >= 4 is 52.7 Å². The summed E-state index contributed by atoms with van der Waals surface area (Å²) in [5.74, 6) is -0.714. The number of methoxy groups -OCH3 is 1. The summed E-state index contributed by atoms with van der Waals surface area (Å²) in [4.78, 5) is 101. The lowest BCUT2D eigenvalue weighted by molar-refractivity contribution is -0.139. The minimum atomic E-state index is -1.09. The fraction of sp³-hybridized carbons (Fsp3) is 0.521. The van der Waals surface area contributed by atoms with Crippen LogP contribution in [-0.2, 0) is 52.9 Å². The summed E-state index contributed by atoms with van der Waals surface area (Å²) < 4.78 is 5.11. The van der Waals surface area contributed by atoms with E-state index < -0.39 is 24.0 Å². The van der Waals surface area contributed by atoms with Crippen LogP contribution in [0.2, 0.25) is 0 Å². The Labute approximate surface area is 379 Å². The number of aromatic nitrogens is 2. The van der Waals surface area contributed by atoms with Gasteiger partial charge in [0.1, 0.15) is 17.4 Å². The first-order valence-corrected chi connectivity index (χ1v) is 22.8. The zero-order valence-electron chi connectivity index (χ0n) is 37.4. The van der Waals surface area contributed by atoms with Gasteiger partial charge in [-0.3, -0.25) is 38.5 Å². The highest BCUT2D eigenvalue weighted by atomic mass is 16.5. The number of carboxylic acid groups (broad SMARTS) is 1. The molecule has 17 nitrogen and oxygen atoms in total.